The number of thioether (sulfide) groups is 2. The van der Waals surface area contributed by atoms with Gasteiger partial charge in [-0.15, -0.1) is 23.5 Å². The standard InChI is InChI=1S/C44H66N2S4/c1-3-5-7-9-11-13-15-17-19-21-23-29-35-47-39-33-27-25-31-37(39)41-45-43-44(49-41)46-42(50-43)38-32-26-28-34-40(38)48-36-30-24-22-20-18-16-14-12-10-8-6-4-2/h25-28,31-34H,3-24,29-30,35-36H2,1-2H3. The number of rotatable bonds is 30. The van der Waals surface area contributed by atoms with E-state index in [1.54, 1.807) is 22.7 Å². The predicted octanol–water partition coefficient (Wildman–Crippen LogP) is 16.7. The minimum Gasteiger partial charge on any atom is -0.223 e. The van der Waals surface area contributed by atoms with Crippen molar-refractivity contribution in [2.24, 2.45) is 0 Å². The molecule has 2 heterocycles. The number of fused-ring (bicyclic) bond motifs is 1. The molecule has 4 rings (SSSR count). The van der Waals surface area contributed by atoms with Crippen molar-refractivity contribution in [3.8, 4) is 21.1 Å². The summed E-state index contributed by atoms with van der Waals surface area (Å²) in [4.78, 5) is 15.1. The van der Waals surface area contributed by atoms with Crippen LogP contribution >= 0.6 is 46.2 Å². The summed E-state index contributed by atoms with van der Waals surface area (Å²) in [5, 5.41) is 2.22. The van der Waals surface area contributed by atoms with Crippen LogP contribution in [-0.4, -0.2) is 21.5 Å². The van der Waals surface area contributed by atoms with Gasteiger partial charge in [-0.25, -0.2) is 9.97 Å². The number of hydrogen-bond donors (Lipinski definition) is 0. The van der Waals surface area contributed by atoms with Gasteiger partial charge in [-0.2, -0.15) is 0 Å². The highest BCUT2D eigenvalue weighted by atomic mass is 32.2. The molecule has 2 aromatic heterocycles. The van der Waals surface area contributed by atoms with Crippen molar-refractivity contribution in [1.29, 1.82) is 0 Å². The minimum absolute atomic E-state index is 1.07. The number of unbranched alkanes of at least 4 members (excludes halogenated alkanes) is 22. The average molecular weight is 751 g/mol. The molecule has 50 heavy (non-hydrogen) atoms. The average Bonchev–Trinajstić information content (AvgIpc) is 3.73. The molecule has 2 nitrogen and oxygen atoms in total. The molecule has 0 fully saturated rings. The third kappa shape index (κ3) is 15.7. The smallest absolute Gasteiger partial charge is 0.155 e. The lowest BCUT2D eigenvalue weighted by atomic mass is 10.1. The maximum absolute atomic E-state index is 5.13. The summed E-state index contributed by atoms with van der Waals surface area (Å²) < 4.78 is 0. The summed E-state index contributed by atoms with van der Waals surface area (Å²) in [6.07, 6.45) is 33.6. The van der Waals surface area contributed by atoms with Crippen LogP contribution in [0.1, 0.15) is 168 Å². The zero-order valence-electron chi connectivity index (χ0n) is 31.5. The van der Waals surface area contributed by atoms with Gasteiger partial charge in [0.25, 0.3) is 0 Å². The van der Waals surface area contributed by atoms with E-state index in [2.05, 4.69) is 62.4 Å². The molecule has 0 unspecified atom stereocenters. The molecular weight excluding hydrogens is 685 g/mol. The van der Waals surface area contributed by atoms with Gasteiger partial charge in [0, 0.05) is 20.9 Å². The molecule has 0 saturated carbocycles. The highest BCUT2D eigenvalue weighted by Gasteiger charge is 2.17. The first-order chi connectivity index (χ1) is 24.8. The van der Waals surface area contributed by atoms with Gasteiger partial charge >= 0.3 is 0 Å². The lowest BCUT2D eigenvalue weighted by Gasteiger charge is -2.07. The Hall–Kier alpha value is -1.34. The quantitative estimate of drug-likeness (QED) is 0.0391. The van der Waals surface area contributed by atoms with Crippen molar-refractivity contribution in [3.63, 3.8) is 0 Å². The number of aromatic nitrogens is 2. The zero-order valence-corrected chi connectivity index (χ0v) is 34.8. The monoisotopic (exact) mass is 750 g/mol. The highest BCUT2D eigenvalue weighted by Crippen LogP contribution is 2.41. The van der Waals surface area contributed by atoms with Crippen molar-refractivity contribution in [1.82, 2.24) is 9.97 Å². The molecule has 0 spiro atoms. The van der Waals surface area contributed by atoms with Gasteiger partial charge in [0.15, 0.2) is 9.66 Å². The molecule has 0 atom stereocenters. The van der Waals surface area contributed by atoms with E-state index in [1.165, 1.54) is 187 Å². The van der Waals surface area contributed by atoms with Crippen LogP contribution in [0.5, 0.6) is 0 Å². The first-order valence-electron chi connectivity index (χ1n) is 20.5. The molecule has 0 aliphatic heterocycles. The molecule has 0 amide bonds. The van der Waals surface area contributed by atoms with Crippen molar-refractivity contribution < 1.29 is 0 Å². The Balaban J connectivity index is 1.16. The van der Waals surface area contributed by atoms with Gasteiger partial charge in [0.2, 0.25) is 0 Å². The first-order valence-corrected chi connectivity index (χ1v) is 24.1. The number of benzene rings is 2. The van der Waals surface area contributed by atoms with Crippen LogP contribution < -0.4 is 0 Å². The summed E-state index contributed by atoms with van der Waals surface area (Å²) in [5.41, 5.74) is 2.54. The van der Waals surface area contributed by atoms with Crippen LogP contribution in [0.4, 0.5) is 0 Å². The number of thiazole rings is 2. The summed E-state index contributed by atoms with van der Waals surface area (Å²) in [6, 6.07) is 17.7. The largest absolute Gasteiger partial charge is 0.223 e. The Bertz CT molecular complexity index is 1290. The van der Waals surface area contributed by atoms with Crippen molar-refractivity contribution in [2.75, 3.05) is 11.5 Å². The maximum atomic E-state index is 5.13. The first kappa shape index (κ1) is 41.4. The van der Waals surface area contributed by atoms with Gasteiger partial charge in [-0.05, 0) is 36.5 Å². The van der Waals surface area contributed by atoms with Gasteiger partial charge < -0.3 is 0 Å². The fourth-order valence-electron chi connectivity index (χ4n) is 6.66. The zero-order chi connectivity index (χ0) is 34.9. The summed E-state index contributed by atoms with van der Waals surface area (Å²) in [7, 11) is 0. The second kappa shape index (κ2) is 26.4. The Morgan fingerprint density at radius 3 is 1.04 bits per heavy atom. The van der Waals surface area contributed by atoms with E-state index in [-0.39, 0.29) is 0 Å². The Labute approximate surface area is 322 Å². The molecular formula is C44H66N2S4. The summed E-state index contributed by atoms with van der Waals surface area (Å²) in [5.74, 6) is 2.37. The third-order valence-corrected chi connectivity index (χ3v) is 14.1. The molecule has 0 radical (unpaired) electrons. The van der Waals surface area contributed by atoms with Crippen molar-refractivity contribution in [2.45, 2.75) is 178 Å². The van der Waals surface area contributed by atoms with Gasteiger partial charge in [-0.3, -0.25) is 0 Å². The van der Waals surface area contributed by atoms with Crippen molar-refractivity contribution >= 4 is 55.9 Å². The normalized spacial score (nSPS) is 11.6. The maximum Gasteiger partial charge on any atom is 0.155 e. The molecule has 276 valence electrons. The predicted molar refractivity (Wildman–Crippen MR) is 230 cm³/mol. The second-order valence-electron chi connectivity index (χ2n) is 14.1. The molecule has 4 aromatic rings. The topological polar surface area (TPSA) is 25.8 Å². The lowest BCUT2D eigenvalue weighted by Crippen LogP contribution is -1.86. The van der Waals surface area contributed by atoms with Crippen LogP contribution in [0.25, 0.3) is 30.8 Å². The van der Waals surface area contributed by atoms with E-state index >= 15 is 0 Å². The number of hydrogen-bond acceptors (Lipinski definition) is 6. The minimum atomic E-state index is 1.07. The molecule has 2 aromatic carbocycles. The van der Waals surface area contributed by atoms with Crippen LogP contribution in [0, 0.1) is 0 Å². The summed E-state index contributed by atoms with van der Waals surface area (Å²) >= 11 is 7.52. The van der Waals surface area contributed by atoms with E-state index in [0.29, 0.717) is 0 Å². The van der Waals surface area contributed by atoms with Crippen LogP contribution in [0.3, 0.4) is 0 Å². The van der Waals surface area contributed by atoms with Crippen LogP contribution in [0.2, 0.25) is 0 Å². The Morgan fingerprint density at radius 1 is 0.400 bits per heavy atom. The van der Waals surface area contributed by atoms with Crippen molar-refractivity contribution in [3.05, 3.63) is 48.5 Å². The van der Waals surface area contributed by atoms with E-state index < -0.39 is 0 Å². The van der Waals surface area contributed by atoms with Gasteiger partial charge in [-0.1, -0.05) is 214 Å². The van der Waals surface area contributed by atoms with Gasteiger partial charge in [0.05, 0.1) is 0 Å². The van der Waals surface area contributed by atoms with E-state index in [1.807, 2.05) is 23.5 Å². The molecule has 0 saturated heterocycles. The molecule has 0 aliphatic rings. The van der Waals surface area contributed by atoms with Gasteiger partial charge in [0.1, 0.15) is 10.0 Å². The fraction of sp³-hybridized carbons (Fsp3) is 0.636. The Morgan fingerprint density at radius 2 is 0.700 bits per heavy atom. The SMILES string of the molecule is CCCCCCCCCCCCCCSc1ccccc1-c1nc2sc(-c3ccccc3SCCCCCCCCCCCCCC)nc2s1. The van der Waals surface area contributed by atoms with E-state index in [9.17, 15) is 0 Å². The molecule has 6 heteroatoms. The van der Waals surface area contributed by atoms with Crippen LogP contribution in [0.15, 0.2) is 58.3 Å². The molecule has 0 N–H and O–H groups in total. The van der Waals surface area contributed by atoms with E-state index in [4.69, 9.17) is 9.97 Å². The third-order valence-electron chi connectivity index (χ3n) is 9.72. The fourth-order valence-corrected chi connectivity index (χ4v) is 11.0. The molecule has 0 aliphatic carbocycles. The number of nitrogens with zero attached hydrogens (tertiary/aromatic N) is 2. The highest BCUT2D eigenvalue weighted by molar-refractivity contribution is 7.99. The lowest BCUT2D eigenvalue weighted by molar-refractivity contribution is 0.548. The van der Waals surface area contributed by atoms with E-state index in [0.717, 1.165) is 19.7 Å². The summed E-state index contributed by atoms with van der Waals surface area (Å²) in [6.45, 7) is 4.60. The second-order valence-corrected chi connectivity index (χ2v) is 18.3. The van der Waals surface area contributed by atoms with Crippen LogP contribution in [-0.2, 0) is 0 Å². The molecule has 0 bridgehead atoms. The Kier molecular flexibility index (Phi) is 21.9.